The van der Waals surface area contributed by atoms with E-state index in [-0.39, 0.29) is 11.6 Å². The lowest BCUT2D eigenvalue weighted by atomic mass is 10.1. The highest BCUT2D eigenvalue weighted by Crippen LogP contribution is 2.20. The molecule has 3 aromatic rings. The summed E-state index contributed by atoms with van der Waals surface area (Å²) in [4.78, 5) is 27.3. The van der Waals surface area contributed by atoms with Crippen LogP contribution in [0.15, 0.2) is 53.6 Å². The van der Waals surface area contributed by atoms with E-state index in [9.17, 15) is 14.9 Å². The van der Waals surface area contributed by atoms with Crippen molar-refractivity contribution >= 4 is 28.7 Å². The molecular formula is C19H16N4O3. The molecule has 130 valence electrons. The smallest absolute Gasteiger partial charge is 0.267 e. The maximum atomic E-state index is 12.5. The Balaban J connectivity index is 1.84. The first-order valence-electron chi connectivity index (χ1n) is 7.90. The van der Waals surface area contributed by atoms with Crippen molar-refractivity contribution in [1.82, 2.24) is 10.4 Å². The Kier molecular flexibility index (Phi) is 4.70. The predicted octanol–water partition coefficient (Wildman–Crippen LogP) is 3.52. The van der Waals surface area contributed by atoms with Crippen molar-refractivity contribution in [1.29, 1.82) is 0 Å². The standard InChI is InChI=1S/C19H16N4O3/c1-12-6-7-18-16(8-12)17(9-13(2)21-18)19(24)22-20-11-14-4-3-5-15(10-14)23(25)26/h3-11H,1-2H3,(H,22,24). The summed E-state index contributed by atoms with van der Waals surface area (Å²) in [5.74, 6) is -0.368. The molecule has 3 rings (SSSR count). The minimum Gasteiger partial charge on any atom is -0.267 e. The van der Waals surface area contributed by atoms with Gasteiger partial charge in [-0.1, -0.05) is 23.8 Å². The van der Waals surface area contributed by atoms with E-state index in [1.807, 2.05) is 32.0 Å². The molecule has 7 nitrogen and oxygen atoms in total. The quantitative estimate of drug-likeness (QED) is 0.443. The number of rotatable bonds is 4. The number of hydrogen-bond acceptors (Lipinski definition) is 5. The molecule has 26 heavy (non-hydrogen) atoms. The number of carbonyl (C=O) groups is 1. The summed E-state index contributed by atoms with van der Waals surface area (Å²) >= 11 is 0. The molecular weight excluding hydrogens is 332 g/mol. The lowest BCUT2D eigenvalue weighted by molar-refractivity contribution is -0.384. The van der Waals surface area contributed by atoms with E-state index in [4.69, 9.17) is 0 Å². The summed E-state index contributed by atoms with van der Waals surface area (Å²) in [5.41, 5.74) is 5.93. The number of amides is 1. The van der Waals surface area contributed by atoms with Crippen molar-refractivity contribution in [2.75, 3.05) is 0 Å². The molecule has 0 aliphatic heterocycles. The molecule has 0 saturated heterocycles. The average molecular weight is 348 g/mol. The fourth-order valence-corrected chi connectivity index (χ4v) is 2.60. The summed E-state index contributed by atoms with van der Waals surface area (Å²) in [5, 5.41) is 15.4. The van der Waals surface area contributed by atoms with Gasteiger partial charge in [-0.05, 0) is 32.0 Å². The van der Waals surface area contributed by atoms with E-state index in [2.05, 4.69) is 15.5 Å². The van der Waals surface area contributed by atoms with Gasteiger partial charge in [0.05, 0.1) is 22.2 Å². The van der Waals surface area contributed by atoms with E-state index in [1.165, 1.54) is 18.3 Å². The molecule has 0 unspecified atom stereocenters. The Morgan fingerprint density at radius 3 is 2.77 bits per heavy atom. The van der Waals surface area contributed by atoms with Crippen LogP contribution in [0, 0.1) is 24.0 Å². The normalized spacial score (nSPS) is 11.0. The van der Waals surface area contributed by atoms with Gasteiger partial charge in [-0.3, -0.25) is 19.9 Å². The topological polar surface area (TPSA) is 97.5 Å². The molecule has 0 fully saturated rings. The molecule has 0 spiro atoms. The van der Waals surface area contributed by atoms with Crippen LogP contribution in [0.4, 0.5) is 5.69 Å². The maximum Gasteiger partial charge on any atom is 0.272 e. The molecule has 0 bridgehead atoms. The third-order valence-corrected chi connectivity index (χ3v) is 3.80. The van der Waals surface area contributed by atoms with E-state index in [0.29, 0.717) is 11.1 Å². The van der Waals surface area contributed by atoms with Gasteiger partial charge in [0.2, 0.25) is 0 Å². The fraction of sp³-hybridized carbons (Fsp3) is 0.105. The molecule has 0 saturated carbocycles. The molecule has 0 aliphatic carbocycles. The van der Waals surface area contributed by atoms with Crippen LogP contribution in [0.3, 0.4) is 0 Å². The number of fused-ring (bicyclic) bond motifs is 1. The van der Waals surface area contributed by atoms with Crippen molar-refractivity contribution in [3.05, 3.63) is 81.0 Å². The average Bonchev–Trinajstić information content (AvgIpc) is 2.61. The number of aryl methyl sites for hydroxylation is 2. The number of nitrogens with zero attached hydrogens (tertiary/aromatic N) is 3. The zero-order valence-corrected chi connectivity index (χ0v) is 14.3. The second kappa shape index (κ2) is 7.10. The van der Waals surface area contributed by atoms with Crippen molar-refractivity contribution < 1.29 is 9.72 Å². The minimum atomic E-state index is -0.482. The molecule has 0 atom stereocenters. The number of aromatic nitrogens is 1. The van der Waals surface area contributed by atoms with Gasteiger partial charge in [-0.15, -0.1) is 0 Å². The van der Waals surface area contributed by atoms with Gasteiger partial charge in [0, 0.05) is 28.8 Å². The highest BCUT2D eigenvalue weighted by atomic mass is 16.6. The molecule has 1 N–H and O–H groups in total. The van der Waals surface area contributed by atoms with Crippen LogP contribution in [0.1, 0.15) is 27.2 Å². The van der Waals surface area contributed by atoms with E-state index in [1.54, 1.807) is 18.2 Å². The van der Waals surface area contributed by atoms with Crippen LogP contribution in [-0.2, 0) is 0 Å². The van der Waals surface area contributed by atoms with Crippen LogP contribution in [0.25, 0.3) is 10.9 Å². The lowest BCUT2D eigenvalue weighted by Crippen LogP contribution is -2.18. The van der Waals surface area contributed by atoms with Gasteiger partial charge < -0.3 is 0 Å². The van der Waals surface area contributed by atoms with Crippen molar-refractivity contribution in [2.24, 2.45) is 5.10 Å². The first-order chi connectivity index (χ1) is 12.4. The van der Waals surface area contributed by atoms with Gasteiger partial charge in [-0.2, -0.15) is 5.10 Å². The summed E-state index contributed by atoms with van der Waals surface area (Å²) < 4.78 is 0. The zero-order chi connectivity index (χ0) is 18.7. The molecule has 2 aromatic carbocycles. The lowest BCUT2D eigenvalue weighted by Gasteiger charge is -2.07. The largest absolute Gasteiger partial charge is 0.272 e. The first kappa shape index (κ1) is 17.2. The molecule has 1 aromatic heterocycles. The second-order valence-electron chi connectivity index (χ2n) is 5.88. The number of nitro groups is 1. The second-order valence-corrected chi connectivity index (χ2v) is 5.88. The number of benzene rings is 2. The van der Waals surface area contributed by atoms with Gasteiger partial charge in [0.15, 0.2) is 0 Å². The zero-order valence-electron chi connectivity index (χ0n) is 14.3. The van der Waals surface area contributed by atoms with Crippen LogP contribution < -0.4 is 5.43 Å². The highest BCUT2D eigenvalue weighted by Gasteiger charge is 2.12. The third kappa shape index (κ3) is 3.72. The van der Waals surface area contributed by atoms with Crippen molar-refractivity contribution in [3.63, 3.8) is 0 Å². The molecule has 1 heterocycles. The number of non-ortho nitro benzene ring substituents is 1. The van der Waals surface area contributed by atoms with Crippen LogP contribution in [0.2, 0.25) is 0 Å². The Morgan fingerprint density at radius 2 is 2.00 bits per heavy atom. The van der Waals surface area contributed by atoms with Gasteiger partial charge in [0.25, 0.3) is 11.6 Å². The van der Waals surface area contributed by atoms with E-state index in [0.717, 1.165) is 22.2 Å². The highest BCUT2D eigenvalue weighted by molar-refractivity contribution is 6.06. The Morgan fingerprint density at radius 1 is 1.19 bits per heavy atom. The summed E-state index contributed by atoms with van der Waals surface area (Å²) in [6, 6.07) is 13.4. The number of carbonyl (C=O) groups excluding carboxylic acids is 1. The Hall–Kier alpha value is -3.61. The van der Waals surface area contributed by atoms with E-state index >= 15 is 0 Å². The van der Waals surface area contributed by atoms with Gasteiger partial charge in [-0.25, -0.2) is 5.43 Å². The first-order valence-corrected chi connectivity index (χ1v) is 7.90. The number of hydrogen-bond donors (Lipinski definition) is 1. The van der Waals surface area contributed by atoms with E-state index < -0.39 is 4.92 Å². The Labute approximate surface area is 149 Å². The monoisotopic (exact) mass is 348 g/mol. The summed E-state index contributed by atoms with van der Waals surface area (Å²) in [6.45, 7) is 3.77. The van der Waals surface area contributed by atoms with Crippen LogP contribution in [0.5, 0.6) is 0 Å². The number of pyridine rings is 1. The minimum absolute atomic E-state index is 0.0356. The number of hydrazone groups is 1. The summed E-state index contributed by atoms with van der Waals surface area (Å²) in [6.07, 6.45) is 1.37. The SMILES string of the molecule is Cc1ccc2nc(C)cc(C(=O)NN=Cc3cccc([N+](=O)[O-])c3)c2c1. The molecule has 7 heteroatoms. The van der Waals surface area contributed by atoms with Crippen LogP contribution in [-0.4, -0.2) is 22.0 Å². The maximum absolute atomic E-state index is 12.5. The van der Waals surface area contributed by atoms with Crippen molar-refractivity contribution in [2.45, 2.75) is 13.8 Å². The Bertz CT molecular complexity index is 1040. The van der Waals surface area contributed by atoms with Crippen molar-refractivity contribution in [3.8, 4) is 0 Å². The number of nitro benzene ring substituents is 1. The van der Waals surface area contributed by atoms with Gasteiger partial charge >= 0.3 is 0 Å². The van der Waals surface area contributed by atoms with Crippen LogP contribution >= 0.6 is 0 Å². The fourth-order valence-electron chi connectivity index (χ4n) is 2.60. The molecule has 0 aliphatic rings. The van der Waals surface area contributed by atoms with Gasteiger partial charge in [0.1, 0.15) is 0 Å². The summed E-state index contributed by atoms with van der Waals surface area (Å²) in [7, 11) is 0. The molecule has 0 radical (unpaired) electrons. The molecule has 1 amide bonds. The third-order valence-electron chi connectivity index (χ3n) is 3.80. The number of nitrogens with one attached hydrogen (secondary N) is 1. The predicted molar refractivity (Wildman–Crippen MR) is 99.4 cm³/mol.